The van der Waals surface area contributed by atoms with Crippen LogP contribution in [0.2, 0.25) is 5.02 Å². The van der Waals surface area contributed by atoms with Gasteiger partial charge in [-0.05, 0) is 30.3 Å². The third kappa shape index (κ3) is 6.16. The number of carbonyl (C=O) groups excluding carboxylic acids is 1. The van der Waals surface area contributed by atoms with Crippen LogP contribution in [0.1, 0.15) is 17.9 Å². The molecule has 3 aromatic rings. The molecule has 1 amide bonds. The van der Waals surface area contributed by atoms with E-state index in [1.807, 2.05) is 0 Å². The van der Waals surface area contributed by atoms with Crippen LogP contribution in [0.3, 0.4) is 0 Å². The fourth-order valence-electron chi connectivity index (χ4n) is 3.59. The number of rotatable bonds is 7. The molecule has 2 aromatic carbocycles. The Morgan fingerprint density at radius 1 is 1.11 bits per heavy atom. The quantitative estimate of drug-likeness (QED) is 0.391. The van der Waals surface area contributed by atoms with Gasteiger partial charge in [-0.2, -0.15) is 19.4 Å². The van der Waals surface area contributed by atoms with E-state index in [4.69, 9.17) is 16.0 Å². The Kier molecular flexibility index (Phi) is 7.85. The zero-order chi connectivity index (χ0) is 26.0. The van der Waals surface area contributed by atoms with Gasteiger partial charge in [0.15, 0.2) is 0 Å². The van der Waals surface area contributed by atoms with E-state index in [0.29, 0.717) is 13.1 Å². The first-order valence-corrected chi connectivity index (χ1v) is 12.9. The first kappa shape index (κ1) is 26.4. The van der Waals surface area contributed by atoms with E-state index >= 15 is 4.39 Å². The highest BCUT2D eigenvalue weighted by Crippen LogP contribution is 2.40. The second-order valence-corrected chi connectivity index (χ2v) is 10.9. The molecule has 0 unspecified atom stereocenters. The summed E-state index contributed by atoms with van der Waals surface area (Å²) in [5.74, 6) is -2.79. The molecule has 2 N–H and O–H groups in total. The molecule has 36 heavy (non-hydrogen) atoms. The van der Waals surface area contributed by atoms with E-state index < -0.39 is 40.4 Å². The molecule has 8 nitrogen and oxygen atoms in total. The van der Waals surface area contributed by atoms with Gasteiger partial charge in [-0.25, -0.2) is 8.78 Å². The van der Waals surface area contributed by atoms with E-state index in [0.717, 1.165) is 12.1 Å². The van der Waals surface area contributed by atoms with Crippen molar-refractivity contribution in [2.75, 3.05) is 36.0 Å². The number of benzene rings is 2. The van der Waals surface area contributed by atoms with Crippen molar-refractivity contribution < 1.29 is 35.9 Å². The molecule has 1 aromatic heterocycles. The number of carbonyl (C=O) groups is 1. The summed E-state index contributed by atoms with van der Waals surface area (Å²) in [6.07, 6.45) is -2.97. The van der Waals surface area contributed by atoms with Crippen LogP contribution in [-0.2, 0) is 11.3 Å². The molecule has 0 aliphatic carbocycles. The first-order valence-electron chi connectivity index (χ1n) is 10.6. The molecule has 0 bridgehead atoms. The normalized spacial score (nSPS) is 16.8. The van der Waals surface area contributed by atoms with Gasteiger partial charge in [0.25, 0.3) is 5.89 Å². The van der Waals surface area contributed by atoms with Crippen molar-refractivity contribution in [3.8, 4) is 11.5 Å². The Morgan fingerprint density at radius 2 is 1.83 bits per heavy atom. The van der Waals surface area contributed by atoms with Gasteiger partial charge < -0.3 is 9.32 Å². The lowest BCUT2D eigenvalue weighted by Crippen LogP contribution is -2.45. The van der Waals surface area contributed by atoms with Gasteiger partial charge in [0.2, 0.25) is 11.8 Å². The molecule has 0 spiro atoms. The summed E-state index contributed by atoms with van der Waals surface area (Å²) < 4.78 is 78.6. The SMILES string of the molecule is O=C(CN1CCS(O)(O)CC1)N(Cc1ccc(-c2nnc(C(F)F)o2)cc1F)c1ccc(F)c(Cl)c1. The van der Waals surface area contributed by atoms with Crippen LogP contribution in [0, 0.1) is 11.6 Å². The van der Waals surface area contributed by atoms with Crippen LogP contribution in [0.5, 0.6) is 0 Å². The van der Waals surface area contributed by atoms with E-state index in [9.17, 15) is 27.1 Å². The number of hydrogen-bond acceptors (Lipinski definition) is 7. The Labute approximate surface area is 209 Å². The maximum atomic E-state index is 15.0. The average molecular weight is 549 g/mol. The number of aromatic nitrogens is 2. The summed E-state index contributed by atoms with van der Waals surface area (Å²) in [5.41, 5.74) is 0.384. The van der Waals surface area contributed by atoms with Gasteiger partial charge in [0.1, 0.15) is 11.6 Å². The third-order valence-electron chi connectivity index (χ3n) is 5.60. The molecule has 14 heteroatoms. The predicted molar refractivity (Wildman–Crippen MR) is 126 cm³/mol. The number of halogens is 5. The van der Waals surface area contributed by atoms with Gasteiger partial charge in [-0.1, -0.05) is 17.7 Å². The van der Waals surface area contributed by atoms with Crippen molar-refractivity contribution in [1.82, 2.24) is 15.1 Å². The minimum atomic E-state index is -2.97. The maximum absolute atomic E-state index is 15.0. The summed E-state index contributed by atoms with van der Waals surface area (Å²) in [5, 5.41) is 6.48. The molecule has 0 saturated carbocycles. The zero-order valence-electron chi connectivity index (χ0n) is 18.6. The lowest BCUT2D eigenvalue weighted by molar-refractivity contribution is -0.119. The van der Waals surface area contributed by atoms with E-state index in [-0.39, 0.29) is 52.3 Å². The Morgan fingerprint density at radius 3 is 2.44 bits per heavy atom. The molecular formula is C22H21ClF4N4O4S. The lowest BCUT2D eigenvalue weighted by atomic mass is 10.1. The molecule has 1 fully saturated rings. The Bertz CT molecular complexity index is 1250. The smallest absolute Gasteiger partial charge is 0.314 e. The third-order valence-corrected chi connectivity index (χ3v) is 7.56. The van der Waals surface area contributed by atoms with Crippen LogP contribution in [-0.4, -0.2) is 61.2 Å². The number of anilines is 1. The van der Waals surface area contributed by atoms with Crippen LogP contribution in [0.15, 0.2) is 40.8 Å². The molecule has 194 valence electrons. The van der Waals surface area contributed by atoms with Crippen molar-refractivity contribution in [2.24, 2.45) is 0 Å². The van der Waals surface area contributed by atoms with Gasteiger partial charge >= 0.3 is 6.43 Å². The summed E-state index contributed by atoms with van der Waals surface area (Å²) >= 11 is 5.91. The molecule has 1 aliphatic heterocycles. The molecule has 2 heterocycles. The van der Waals surface area contributed by atoms with Crippen LogP contribution < -0.4 is 4.90 Å². The second-order valence-electron chi connectivity index (χ2n) is 8.12. The van der Waals surface area contributed by atoms with E-state index in [1.165, 1.54) is 29.2 Å². The van der Waals surface area contributed by atoms with Crippen molar-refractivity contribution in [3.63, 3.8) is 0 Å². The van der Waals surface area contributed by atoms with Crippen LogP contribution >= 0.6 is 22.2 Å². The Balaban J connectivity index is 1.57. The topological polar surface area (TPSA) is 103 Å². The zero-order valence-corrected chi connectivity index (χ0v) is 20.2. The van der Waals surface area contributed by atoms with Gasteiger partial charge in [0, 0.05) is 29.9 Å². The minimum absolute atomic E-state index is 0.0747. The molecule has 0 radical (unpaired) electrons. The molecule has 1 saturated heterocycles. The van der Waals surface area contributed by atoms with E-state index in [1.54, 1.807) is 4.90 Å². The second kappa shape index (κ2) is 10.7. The summed E-state index contributed by atoms with van der Waals surface area (Å²) in [4.78, 5) is 16.2. The number of alkyl halides is 2. The summed E-state index contributed by atoms with van der Waals surface area (Å²) in [6, 6.07) is 7.42. The fourth-order valence-corrected chi connectivity index (χ4v) is 5.07. The number of amides is 1. The van der Waals surface area contributed by atoms with Crippen molar-refractivity contribution >= 4 is 33.8 Å². The van der Waals surface area contributed by atoms with E-state index in [2.05, 4.69) is 10.2 Å². The minimum Gasteiger partial charge on any atom is -0.415 e. The highest BCUT2D eigenvalue weighted by Gasteiger charge is 2.27. The lowest BCUT2D eigenvalue weighted by Gasteiger charge is -2.41. The van der Waals surface area contributed by atoms with Crippen LogP contribution in [0.4, 0.5) is 23.2 Å². The molecule has 1 aliphatic rings. The Hall–Kier alpha value is -2.71. The molecular weight excluding hydrogens is 528 g/mol. The molecule has 4 rings (SSSR count). The van der Waals surface area contributed by atoms with Gasteiger partial charge in [-0.15, -0.1) is 10.2 Å². The highest BCUT2D eigenvalue weighted by atomic mass is 35.5. The largest absolute Gasteiger partial charge is 0.415 e. The van der Waals surface area contributed by atoms with Gasteiger partial charge in [-0.3, -0.25) is 18.8 Å². The first-order chi connectivity index (χ1) is 17.0. The average Bonchev–Trinajstić information content (AvgIpc) is 3.32. The highest BCUT2D eigenvalue weighted by molar-refractivity contribution is 8.24. The fraction of sp³-hybridized carbons (Fsp3) is 0.318. The predicted octanol–water partition coefficient (Wildman–Crippen LogP) is 5.21. The van der Waals surface area contributed by atoms with Crippen molar-refractivity contribution in [2.45, 2.75) is 13.0 Å². The van der Waals surface area contributed by atoms with Crippen molar-refractivity contribution in [3.05, 3.63) is 64.5 Å². The number of nitrogens with zero attached hydrogens (tertiary/aromatic N) is 4. The summed E-state index contributed by atoms with van der Waals surface area (Å²) in [6.45, 7) is 0.241. The number of hydrogen-bond donors (Lipinski definition) is 2. The van der Waals surface area contributed by atoms with Gasteiger partial charge in [0.05, 0.1) is 29.6 Å². The summed E-state index contributed by atoms with van der Waals surface area (Å²) in [7, 11) is -2.65. The standard InChI is InChI=1S/C22H21ClF4N4O4S/c23-16-10-15(3-4-17(16)24)31(19(32)12-30-5-7-36(33,34)8-6-30)11-14-2-1-13(9-18(14)25)21-28-29-22(35-21)20(26)27/h1-4,9-10,20,33-34H,5-8,11-12H2. The van der Waals surface area contributed by atoms with Crippen LogP contribution in [0.25, 0.3) is 11.5 Å². The molecule has 0 atom stereocenters. The monoisotopic (exact) mass is 548 g/mol. The van der Waals surface area contributed by atoms with Crippen molar-refractivity contribution in [1.29, 1.82) is 0 Å². The maximum Gasteiger partial charge on any atom is 0.314 e.